The van der Waals surface area contributed by atoms with Crippen LogP contribution >= 0.6 is 23.5 Å². The van der Waals surface area contributed by atoms with Crippen LogP contribution < -0.4 is 14.2 Å². The molecule has 8 heteroatoms. The molecule has 29 heavy (non-hydrogen) atoms. The molecule has 5 nitrogen and oxygen atoms in total. The predicted molar refractivity (Wildman–Crippen MR) is 120 cm³/mol. The van der Waals surface area contributed by atoms with E-state index in [1.807, 2.05) is 48.6 Å². The first-order valence-electron chi connectivity index (χ1n) is 9.72. The molecule has 0 aliphatic carbocycles. The molecule has 2 aliphatic heterocycles. The highest BCUT2D eigenvalue weighted by atomic mass is 32.2. The van der Waals surface area contributed by atoms with Crippen LogP contribution in [0.15, 0.2) is 47.4 Å². The van der Waals surface area contributed by atoms with E-state index in [-0.39, 0.29) is 12.7 Å². The van der Waals surface area contributed by atoms with Crippen molar-refractivity contribution in [2.24, 2.45) is 0 Å². The number of aryl methyl sites for hydroxylation is 1. The molecule has 1 saturated heterocycles. The molecule has 2 aromatic carbocycles. The Hall–Kier alpha value is -1.35. The molecule has 4 rings (SSSR count). The van der Waals surface area contributed by atoms with Crippen LogP contribution in [-0.4, -0.2) is 37.8 Å². The van der Waals surface area contributed by atoms with Crippen molar-refractivity contribution >= 4 is 33.5 Å². The Morgan fingerprint density at radius 1 is 1.07 bits per heavy atom. The van der Waals surface area contributed by atoms with E-state index in [9.17, 15) is 8.42 Å². The molecule has 0 amide bonds. The highest BCUT2D eigenvalue weighted by molar-refractivity contribution is 8.17. The van der Waals surface area contributed by atoms with Crippen LogP contribution in [0.1, 0.15) is 29.9 Å². The predicted octanol–water partition coefficient (Wildman–Crippen LogP) is 4.37. The van der Waals surface area contributed by atoms with Crippen molar-refractivity contribution in [2.75, 3.05) is 24.8 Å². The van der Waals surface area contributed by atoms with Gasteiger partial charge in [-0.2, -0.15) is 0 Å². The molecule has 0 saturated carbocycles. The third kappa shape index (κ3) is 5.05. The van der Waals surface area contributed by atoms with Crippen molar-refractivity contribution in [3.05, 3.63) is 53.6 Å². The van der Waals surface area contributed by atoms with Gasteiger partial charge in [-0.25, -0.2) is 13.1 Å². The zero-order chi connectivity index (χ0) is 20.3. The third-order valence-electron chi connectivity index (χ3n) is 5.08. The van der Waals surface area contributed by atoms with E-state index >= 15 is 0 Å². The van der Waals surface area contributed by atoms with Crippen molar-refractivity contribution in [3.63, 3.8) is 0 Å². The van der Waals surface area contributed by atoms with E-state index in [4.69, 9.17) is 9.47 Å². The standard InChI is InChI=1S/C21H25NO4S3/c1-15-3-6-17(7-4-15)29(23,24)22-10-9-18(21-27-11-2-12-28-21)16-5-8-19-20(13-16)26-14-25-19/h3-8,13,18,21-22H,2,9-12,14H2,1H3. The number of fused-ring (bicyclic) bond motifs is 1. The van der Waals surface area contributed by atoms with E-state index < -0.39 is 10.0 Å². The molecular weight excluding hydrogens is 426 g/mol. The Morgan fingerprint density at radius 2 is 1.79 bits per heavy atom. The maximum absolute atomic E-state index is 12.6. The zero-order valence-corrected chi connectivity index (χ0v) is 18.7. The summed E-state index contributed by atoms with van der Waals surface area (Å²) in [6.45, 7) is 2.60. The van der Waals surface area contributed by atoms with Crippen LogP contribution in [0.5, 0.6) is 11.5 Å². The number of benzene rings is 2. The number of thioether (sulfide) groups is 2. The smallest absolute Gasteiger partial charge is 0.240 e. The van der Waals surface area contributed by atoms with Crippen LogP contribution in [0, 0.1) is 6.92 Å². The van der Waals surface area contributed by atoms with Gasteiger partial charge in [0.1, 0.15) is 0 Å². The van der Waals surface area contributed by atoms with Gasteiger partial charge in [0.05, 0.1) is 9.48 Å². The number of ether oxygens (including phenoxy) is 2. The van der Waals surface area contributed by atoms with Gasteiger partial charge in [-0.1, -0.05) is 23.8 Å². The van der Waals surface area contributed by atoms with Gasteiger partial charge in [-0.05, 0) is 61.1 Å². The normalized spacial score (nSPS) is 18.0. The fourth-order valence-corrected chi connectivity index (χ4v) is 7.82. The molecule has 0 radical (unpaired) electrons. The lowest BCUT2D eigenvalue weighted by molar-refractivity contribution is 0.174. The fourth-order valence-electron chi connectivity index (χ4n) is 3.49. The minimum atomic E-state index is -3.50. The Morgan fingerprint density at radius 3 is 2.55 bits per heavy atom. The van der Waals surface area contributed by atoms with Crippen LogP contribution in [0.2, 0.25) is 0 Å². The van der Waals surface area contributed by atoms with Crippen LogP contribution in [0.4, 0.5) is 0 Å². The van der Waals surface area contributed by atoms with Crippen molar-refractivity contribution in [3.8, 4) is 11.5 Å². The summed E-state index contributed by atoms with van der Waals surface area (Å²) in [4.78, 5) is 0.309. The molecule has 1 N–H and O–H groups in total. The van der Waals surface area contributed by atoms with Gasteiger partial charge in [-0.15, -0.1) is 23.5 Å². The lowest BCUT2D eigenvalue weighted by atomic mass is 9.97. The van der Waals surface area contributed by atoms with Gasteiger partial charge < -0.3 is 9.47 Å². The monoisotopic (exact) mass is 451 g/mol. The average Bonchev–Trinajstić information content (AvgIpc) is 3.20. The summed E-state index contributed by atoms with van der Waals surface area (Å²) in [5, 5.41) is 0. The van der Waals surface area contributed by atoms with Crippen molar-refractivity contribution in [1.82, 2.24) is 4.72 Å². The lowest BCUT2D eigenvalue weighted by Gasteiger charge is -2.30. The zero-order valence-electron chi connectivity index (χ0n) is 16.3. The lowest BCUT2D eigenvalue weighted by Crippen LogP contribution is -2.28. The van der Waals surface area contributed by atoms with Crippen molar-refractivity contribution in [2.45, 2.75) is 35.2 Å². The van der Waals surface area contributed by atoms with E-state index in [0.29, 0.717) is 16.0 Å². The maximum atomic E-state index is 12.6. The van der Waals surface area contributed by atoms with Gasteiger partial charge in [0.25, 0.3) is 0 Å². The number of sulfonamides is 1. The molecule has 156 valence electrons. The van der Waals surface area contributed by atoms with Gasteiger partial charge >= 0.3 is 0 Å². The summed E-state index contributed by atoms with van der Waals surface area (Å²) in [7, 11) is -3.50. The van der Waals surface area contributed by atoms with Crippen LogP contribution in [0.25, 0.3) is 0 Å². The minimum Gasteiger partial charge on any atom is -0.454 e. The SMILES string of the molecule is Cc1ccc(S(=O)(=O)NCCC(c2ccc3c(c2)OCO3)C2SCCCS2)cc1. The number of nitrogens with one attached hydrogen (secondary N) is 1. The summed E-state index contributed by atoms with van der Waals surface area (Å²) in [6, 6.07) is 13.0. The first-order valence-corrected chi connectivity index (χ1v) is 13.3. The molecule has 0 bridgehead atoms. The quantitative estimate of drug-likeness (QED) is 0.674. The Kier molecular flexibility index (Phi) is 6.63. The van der Waals surface area contributed by atoms with E-state index in [2.05, 4.69) is 16.9 Å². The fraction of sp³-hybridized carbons (Fsp3) is 0.429. The summed E-state index contributed by atoms with van der Waals surface area (Å²) < 4.78 is 39.5. The van der Waals surface area contributed by atoms with Gasteiger partial charge in [-0.3, -0.25) is 0 Å². The van der Waals surface area contributed by atoms with Gasteiger partial charge in [0, 0.05) is 12.5 Å². The molecule has 1 atom stereocenters. The second kappa shape index (κ2) is 9.20. The van der Waals surface area contributed by atoms with Gasteiger partial charge in [0.15, 0.2) is 11.5 Å². The van der Waals surface area contributed by atoms with Crippen molar-refractivity contribution in [1.29, 1.82) is 0 Å². The molecular formula is C21H25NO4S3. The maximum Gasteiger partial charge on any atom is 0.240 e. The van der Waals surface area contributed by atoms with Crippen LogP contribution in [-0.2, 0) is 10.0 Å². The molecule has 1 unspecified atom stereocenters. The molecule has 1 fully saturated rings. The molecule has 0 aromatic heterocycles. The number of hydrogen-bond donors (Lipinski definition) is 1. The summed E-state index contributed by atoms with van der Waals surface area (Å²) in [5.41, 5.74) is 2.22. The second-order valence-corrected chi connectivity index (χ2v) is 11.7. The topological polar surface area (TPSA) is 64.6 Å². The summed E-state index contributed by atoms with van der Waals surface area (Å²) in [6.07, 6.45) is 1.95. The first-order chi connectivity index (χ1) is 14.0. The van der Waals surface area contributed by atoms with Crippen LogP contribution in [0.3, 0.4) is 0 Å². The highest BCUT2D eigenvalue weighted by Crippen LogP contribution is 2.44. The van der Waals surface area contributed by atoms with E-state index in [0.717, 1.165) is 35.0 Å². The number of hydrogen-bond acceptors (Lipinski definition) is 6. The molecule has 2 aliphatic rings. The first kappa shape index (κ1) is 20.9. The molecule has 0 spiro atoms. The highest BCUT2D eigenvalue weighted by Gasteiger charge is 2.28. The molecule has 2 heterocycles. The third-order valence-corrected chi connectivity index (χ3v) is 9.74. The average molecular weight is 452 g/mol. The minimum absolute atomic E-state index is 0.237. The second-order valence-electron chi connectivity index (χ2n) is 7.18. The van der Waals surface area contributed by atoms with E-state index in [1.165, 1.54) is 12.0 Å². The Labute approximate surface area is 181 Å². The van der Waals surface area contributed by atoms with Gasteiger partial charge in [0.2, 0.25) is 16.8 Å². The largest absolute Gasteiger partial charge is 0.454 e. The summed E-state index contributed by atoms with van der Waals surface area (Å²) in [5.74, 6) is 4.08. The Balaban J connectivity index is 1.47. The number of rotatable bonds is 7. The molecule has 2 aromatic rings. The Bertz CT molecular complexity index is 941. The van der Waals surface area contributed by atoms with E-state index in [1.54, 1.807) is 12.1 Å². The summed E-state index contributed by atoms with van der Waals surface area (Å²) >= 11 is 3.94. The van der Waals surface area contributed by atoms with Crippen molar-refractivity contribution < 1.29 is 17.9 Å².